The predicted octanol–water partition coefficient (Wildman–Crippen LogP) is 0.233. The highest BCUT2D eigenvalue weighted by atomic mass is 16.2. The zero-order chi connectivity index (χ0) is 13.7. The smallest absolute Gasteiger partial charge is 0.244 e. The molecule has 2 amide bonds. The van der Waals surface area contributed by atoms with Gasteiger partial charge in [0.25, 0.3) is 0 Å². The molecule has 0 saturated carbocycles. The van der Waals surface area contributed by atoms with Gasteiger partial charge in [0.05, 0.1) is 6.54 Å². The van der Waals surface area contributed by atoms with Gasteiger partial charge in [-0.05, 0) is 5.56 Å². The van der Waals surface area contributed by atoms with Crippen LogP contribution in [0.25, 0.3) is 0 Å². The molecule has 18 heavy (non-hydrogen) atoms. The summed E-state index contributed by atoms with van der Waals surface area (Å²) in [5.41, 5.74) is 6.62. The average Bonchev–Trinajstić information content (AvgIpc) is 2.37. The standard InChI is InChI=1S/C13H19N3O2/c1-15(2)11(17)9-16(3)13(18)12(14)10-7-5-4-6-8-10/h4-8,12H,9,14H2,1-3H3/t12-/m0/s1. The predicted molar refractivity (Wildman–Crippen MR) is 69.7 cm³/mol. The van der Waals surface area contributed by atoms with Crippen LogP contribution in [0.1, 0.15) is 11.6 Å². The SMILES string of the molecule is CN(C)C(=O)CN(C)C(=O)[C@@H](N)c1ccccc1. The summed E-state index contributed by atoms with van der Waals surface area (Å²) >= 11 is 0. The van der Waals surface area contributed by atoms with E-state index < -0.39 is 6.04 Å². The van der Waals surface area contributed by atoms with Gasteiger partial charge >= 0.3 is 0 Å². The summed E-state index contributed by atoms with van der Waals surface area (Å²) in [6.45, 7) is 0.0341. The number of amides is 2. The highest BCUT2D eigenvalue weighted by Crippen LogP contribution is 2.11. The Bertz CT molecular complexity index is 418. The Balaban J connectivity index is 2.67. The first-order valence-electron chi connectivity index (χ1n) is 5.69. The van der Waals surface area contributed by atoms with E-state index in [0.717, 1.165) is 5.56 Å². The van der Waals surface area contributed by atoms with Gasteiger partial charge in [-0.25, -0.2) is 0 Å². The first kappa shape index (κ1) is 14.2. The van der Waals surface area contributed by atoms with Crippen molar-refractivity contribution < 1.29 is 9.59 Å². The van der Waals surface area contributed by atoms with Crippen molar-refractivity contribution in [2.75, 3.05) is 27.7 Å². The quantitative estimate of drug-likeness (QED) is 0.831. The van der Waals surface area contributed by atoms with Crippen LogP contribution in [0.5, 0.6) is 0 Å². The Morgan fingerprint density at radius 2 is 1.72 bits per heavy atom. The molecular weight excluding hydrogens is 230 g/mol. The lowest BCUT2D eigenvalue weighted by atomic mass is 10.1. The van der Waals surface area contributed by atoms with E-state index in [1.807, 2.05) is 18.2 Å². The molecule has 1 aromatic rings. The van der Waals surface area contributed by atoms with E-state index in [9.17, 15) is 9.59 Å². The van der Waals surface area contributed by atoms with Gasteiger partial charge in [-0.3, -0.25) is 9.59 Å². The van der Waals surface area contributed by atoms with Crippen molar-refractivity contribution in [1.29, 1.82) is 0 Å². The number of carbonyl (C=O) groups is 2. The molecule has 5 heteroatoms. The Morgan fingerprint density at radius 1 is 1.17 bits per heavy atom. The zero-order valence-electron chi connectivity index (χ0n) is 11.0. The van der Waals surface area contributed by atoms with Crippen LogP contribution < -0.4 is 5.73 Å². The lowest BCUT2D eigenvalue weighted by Gasteiger charge is -2.22. The van der Waals surface area contributed by atoms with Crippen LogP contribution in [0.15, 0.2) is 30.3 Å². The number of nitrogens with zero attached hydrogens (tertiary/aromatic N) is 2. The molecule has 0 aliphatic rings. The maximum Gasteiger partial charge on any atom is 0.244 e. The minimum Gasteiger partial charge on any atom is -0.347 e. The highest BCUT2D eigenvalue weighted by Gasteiger charge is 2.21. The fraction of sp³-hybridized carbons (Fsp3) is 0.385. The zero-order valence-corrected chi connectivity index (χ0v) is 11.0. The molecule has 0 aliphatic heterocycles. The number of likely N-dealkylation sites (N-methyl/N-ethyl adjacent to an activating group) is 2. The molecule has 0 heterocycles. The van der Waals surface area contributed by atoms with Gasteiger partial charge in [0.2, 0.25) is 11.8 Å². The third-order valence-corrected chi connectivity index (χ3v) is 2.67. The molecule has 0 radical (unpaired) electrons. The lowest BCUT2D eigenvalue weighted by molar-refractivity contribution is -0.138. The number of nitrogens with two attached hydrogens (primary N) is 1. The van der Waals surface area contributed by atoms with Gasteiger partial charge in [0.1, 0.15) is 6.04 Å². The molecule has 1 rings (SSSR count). The monoisotopic (exact) mass is 249 g/mol. The van der Waals surface area contributed by atoms with Crippen molar-refractivity contribution >= 4 is 11.8 Å². The maximum atomic E-state index is 12.0. The molecule has 0 saturated heterocycles. The van der Waals surface area contributed by atoms with Crippen LogP contribution in [0, 0.1) is 0 Å². The van der Waals surface area contributed by atoms with E-state index in [-0.39, 0.29) is 18.4 Å². The molecule has 0 aliphatic carbocycles. The number of carbonyl (C=O) groups excluding carboxylic acids is 2. The molecule has 0 unspecified atom stereocenters. The van der Waals surface area contributed by atoms with Crippen LogP contribution in [0.3, 0.4) is 0 Å². The van der Waals surface area contributed by atoms with Gasteiger partial charge in [-0.2, -0.15) is 0 Å². The van der Waals surface area contributed by atoms with Crippen molar-refractivity contribution in [2.45, 2.75) is 6.04 Å². The fourth-order valence-electron chi connectivity index (χ4n) is 1.46. The summed E-state index contributed by atoms with van der Waals surface area (Å²) < 4.78 is 0. The molecule has 2 N–H and O–H groups in total. The van der Waals surface area contributed by atoms with Gasteiger partial charge in [0, 0.05) is 21.1 Å². The van der Waals surface area contributed by atoms with Crippen LogP contribution in [-0.4, -0.2) is 49.3 Å². The van der Waals surface area contributed by atoms with Gasteiger partial charge in [0.15, 0.2) is 0 Å². The van der Waals surface area contributed by atoms with Crippen molar-refractivity contribution in [2.24, 2.45) is 5.73 Å². The molecule has 98 valence electrons. The minimum absolute atomic E-state index is 0.0341. The summed E-state index contributed by atoms with van der Waals surface area (Å²) in [7, 11) is 4.88. The van der Waals surface area contributed by atoms with Gasteiger partial charge < -0.3 is 15.5 Å². The molecule has 0 fully saturated rings. The summed E-state index contributed by atoms with van der Waals surface area (Å²) in [5, 5.41) is 0. The third-order valence-electron chi connectivity index (χ3n) is 2.67. The van der Waals surface area contributed by atoms with E-state index >= 15 is 0 Å². The molecular formula is C13H19N3O2. The molecule has 5 nitrogen and oxygen atoms in total. The van der Waals surface area contributed by atoms with E-state index in [4.69, 9.17) is 5.73 Å². The largest absolute Gasteiger partial charge is 0.347 e. The second-order valence-corrected chi connectivity index (χ2v) is 4.37. The first-order valence-corrected chi connectivity index (χ1v) is 5.69. The molecule has 0 spiro atoms. The second-order valence-electron chi connectivity index (χ2n) is 4.37. The van der Waals surface area contributed by atoms with Crippen LogP contribution in [0.2, 0.25) is 0 Å². The minimum atomic E-state index is -0.730. The van der Waals surface area contributed by atoms with E-state index in [1.165, 1.54) is 9.80 Å². The summed E-state index contributed by atoms with van der Waals surface area (Å²) in [5.74, 6) is -0.400. The van der Waals surface area contributed by atoms with Crippen molar-refractivity contribution in [1.82, 2.24) is 9.80 Å². The van der Waals surface area contributed by atoms with Crippen LogP contribution in [-0.2, 0) is 9.59 Å². The Labute approximate surface area is 107 Å². The Kier molecular flexibility index (Phi) is 4.85. The highest BCUT2D eigenvalue weighted by molar-refractivity contribution is 5.87. The van der Waals surface area contributed by atoms with Crippen molar-refractivity contribution in [3.05, 3.63) is 35.9 Å². The van der Waals surface area contributed by atoms with Crippen LogP contribution in [0.4, 0.5) is 0 Å². The van der Waals surface area contributed by atoms with Crippen molar-refractivity contribution in [3.8, 4) is 0 Å². The summed E-state index contributed by atoms with van der Waals surface area (Å²) in [6.07, 6.45) is 0. The van der Waals surface area contributed by atoms with E-state index in [2.05, 4.69) is 0 Å². The Morgan fingerprint density at radius 3 is 2.22 bits per heavy atom. The van der Waals surface area contributed by atoms with Crippen LogP contribution >= 0.6 is 0 Å². The average molecular weight is 249 g/mol. The second kappa shape index (κ2) is 6.16. The topological polar surface area (TPSA) is 66.6 Å². The normalized spacial score (nSPS) is 11.8. The van der Waals surface area contributed by atoms with Gasteiger partial charge in [-0.1, -0.05) is 30.3 Å². The van der Waals surface area contributed by atoms with Gasteiger partial charge in [-0.15, -0.1) is 0 Å². The number of rotatable bonds is 4. The molecule has 1 atom stereocenters. The third kappa shape index (κ3) is 3.56. The first-order chi connectivity index (χ1) is 8.43. The van der Waals surface area contributed by atoms with Crippen molar-refractivity contribution in [3.63, 3.8) is 0 Å². The molecule has 1 aromatic carbocycles. The maximum absolute atomic E-state index is 12.0. The van der Waals surface area contributed by atoms with E-state index in [0.29, 0.717) is 0 Å². The lowest BCUT2D eigenvalue weighted by Crippen LogP contribution is -2.41. The number of hydrogen-bond donors (Lipinski definition) is 1. The molecule has 0 bridgehead atoms. The summed E-state index contributed by atoms with van der Waals surface area (Å²) in [6, 6.07) is 8.38. The number of hydrogen-bond acceptors (Lipinski definition) is 3. The molecule has 0 aromatic heterocycles. The van der Waals surface area contributed by atoms with E-state index in [1.54, 1.807) is 33.3 Å². The fourth-order valence-corrected chi connectivity index (χ4v) is 1.46. The number of benzene rings is 1. The summed E-state index contributed by atoms with van der Waals surface area (Å²) in [4.78, 5) is 26.3. The Hall–Kier alpha value is -1.88.